The van der Waals surface area contributed by atoms with Gasteiger partial charge < -0.3 is 14.8 Å². The highest BCUT2D eigenvalue weighted by atomic mass is 32.2. The number of hydrogen-bond acceptors (Lipinski definition) is 5. The van der Waals surface area contributed by atoms with Crippen LogP contribution in [0.3, 0.4) is 0 Å². The lowest BCUT2D eigenvalue weighted by atomic mass is 9.81. The number of methoxy groups -OCH3 is 1. The second-order valence-corrected chi connectivity index (χ2v) is 6.32. The van der Waals surface area contributed by atoms with Crippen molar-refractivity contribution in [1.29, 1.82) is 0 Å². The minimum atomic E-state index is -0.465. The Hall–Kier alpha value is -0.260. The lowest BCUT2D eigenvalue weighted by Crippen LogP contribution is -2.56. The summed E-state index contributed by atoms with van der Waals surface area (Å²) in [6, 6.07) is 0. The fraction of sp³-hybridized carbons (Fsp3) is 0.929. The zero-order valence-corrected chi connectivity index (χ0v) is 13.2. The lowest BCUT2D eigenvalue weighted by Gasteiger charge is -2.39. The van der Waals surface area contributed by atoms with E-state index in [4.69, 9.17) is 9.47 Å². The Morgan fingerprint density at radius 3 is 2.89 bits per heavy atom. The molecule has 4 nitrogen and oxygen atoms in total. The summed E-state index contributed by atoms with van der Waals surface area (Å²) in [4.78, 5) is 12.3. The summed E-state index contributed by atoms with van der Waals surface area (Å²) < 4.78 is 10.4. The normalized spacial score (nSPS) is 27.2. The van der Waals surface area contributed by atoms with Crippen LogP contribution in [0.25, 0.3) is 0 Å². The maximum absolute atomic E-state index is 12.3. The molecule has 0 aromatic carbocycles. The largest absolute Gasteiger partial charge is 0.465 e. The van der Waals surface area contributed by atoms with E-state index in [-0.39, 0.29) is 5.97 Å². The molecule has 5 heteroatoms. The Morgan fingerprint density at radius 1 is 1.47 bits per heavy atom. The van der Waals surface area contributed by atoms with E-state index >= 15 is 0 Å². The SMILES string of the molecule is CCNC1(C(=O)OCC)CCCC(SCCOC)C1. The van der Waals surface area contributed by atoms with E-state index in [1.165, 1.54) is 6.42 Å². The van der Waals surface area contributed by atoms with Crippen molar-refractivity contribution in [3.63, 3.8) is 0 Å². The van der Waals surface area contributed by atoms with E-state index in [2.05, 4.69) is 5.32 Å². The van der Waals surface area contributed by atoms with E-state index in [1.807, 2.05) is 25.6 Å². The number of esters is 1. The highest BCUT2D eigenvalue weighted by Gasteiger charge is 2.43. The van der Waals surface area contributed by atoms with Crippen LogP contribution in [0.15, 0.2) is 0 Å². The number of nitrogens with one attached hydrogen (secondary N) is 1. The smallest absolute Gasteiger partial charge is 0.326 e. The number of rotatable bonds is 8. The molecule has 0 aromatic heterocycles. The van der Waals surface area contributed by atoms with Crippen molar-refractivity contribution in [2.45, 2.75) is 50.3 Å². The minimum Gasteiger partial charge on any atom is -0.465 e. The number of hydrogen-bond donors (Lipinski definition) is 1. The minimum absolute atomic E-state index is 0.0751. The average molecular weight is 289 g/mol. The molecule has 2 atom stereocenters. The van der Waals surface area contributed by atoms with Gasteiger partial charge in [-0.2, -0.15) is 11.8 Å². The second-order valence-electron chi connectivity index (χ2n) is 4.91. The maximum Gasteiger partial charge on any atom is 0.326 e. The van der Waals surface area contributed by atoms with Crippen LogP contribution in [0.2, 0.25) is 0 Å². The molecule has 1 aliphatic rings. The van der Waals surface area contributed by atoms with Gasteiger partial charge in [0.25, 0.3) is 0 Å². The van der Waals surface area contributed by atoms with Crippen molar-refractivity contribution in [1.82, 2.24) is 5.32 Å². The molecule has 1 rings (SSSR count). The average Bonchev–Trinajstić information content (AvgIpc) is 2.40. The van der Waals surface area contributed by atoms with Crippen molar-refractivity contribution in [2.24, 2.45) is 0 Å². The quantitative estimate of drug-likeness (QED) is 0.548. The van der Waals surface area contributed by atoms with Crippen LogP contribution in [-0.4, -0.2) is 49.4 Å². The number of carbonyl (C=O) groups is 1. The number of thioether (sulfide) groups is 1. The first-order chi connectivity index (χ1) is 9.18. The van der Waals surface area contributed by atoms with E-state index in [1.54, 1.807) is 7.11 Å². The van der Waals surface area contributed by atoms with Crippen molar-refractivity contribution >= 4 is 17.7 Å². The predicted octanol–water partition coefficient (Wildman–Crippen LogP) is 2.22. The van der Waals surface area contributed by atoms with E-state index < -0.39 is 5.54 Å². The summed E-state index contributed by atoms with van der Waals surface area (Å²) >= 11 is 1.91. The van der Waals surface area contributed by atoms with Gasteiger partial charge in [0.15, 0.2) is 0 Å². The summed E-state index contributed by atoms with van der Waals surface area (Å²) in [7, 11) is 1.73. The molecule has 0 aliphatic heterocycles. The Labute approximate surface area is 121 Å². The Kier molecular flexibility index (Phi) is 7.80. The Morgan fingerprint density at radius 2 is 2.26 bits per heavy atom. The molecule has 0 aromatic rings. The summed E-state index contributed by atoms with van der Waals surface area (Å²) in [6.45, 7) is 5.93. The Balaban J connectivity index is 2.61. The van der Waals surface area contributed by atoms with Crippen molar-refractivity contribution in [2.75, 3.05) is 32.6 Å². The molecule has 0 saturated heterocycles. The predicted molar refractivity (Wildman–Crippen MR) is 79.6 cm³/mol. The van der Waals surface area contributed by atoms with Gasteiger partial charge in [-0.05, 0) is 39.2 Å². The molecule has 1 aliphatic carbocycles. The molecule has 0 heterocycles. The molecule has 1 N–H and O–H groups in total. The summed E-state index contributed by atoms with van der Waals surface area (Å²) in [5.74, 6) is 0.917. The van der Waals surface area contributed by atoms with Crippen LogP contribution < -0.4 is 5.32 Å². The summed E-state index contributed by atoms with van der Waals surface area (Å²) in [5, 5.41) is 3.90. The van der Waals surface area contributed by atoms with Gasteiger partial charge in [0, 0.05) is 18.1 Å². The molecule has 0 spiro atoms. The number of likely N-dealkylation sites (N-methyl/N-ethyl adjacent to an activating group) is 1. The summed E-state index contributed by atoms with van der Waals surface area (Å²) in [5.41, 5.74) is -0.465. The fourth-order valence-corrected chi connectivity index (χ4v) is 4.02. The van der Waals surface area contributed by atoms with Gasteiger partial charge in [-0.1, -0.05) is 6.92 Å². The highest BCUT2D eigenvalue weighted by molar-refractivity contribution is 7.99. The van der Waals surface area contributed by atoms with Crippen LogP contribution in [0, 0.1) is 0 Å². The van der Waals surface area contributed by atoms with Crippen LogP contribution in [0.4, 0.5) is 0 Å². The third kappa shape index (κ3) is 4.97. The molecular formula is C14H27NO3S. The van der Waals surface area contributed by atoms with Crippen LogP contribution in [0.5, 0.6) is 0 Å². The van der Waals surface area contributed by atoms with Gasteiger partial charge in [-0.25, -0.2) is 0 Å². The van der Waals surface area contributed by atoms with Crippen LogP contribution in [-0.2, 0) is 14.3 Å². The number of ether oxygens (including phenoxy) is 2. The highest BCUT2D eigenvalue weighted by Crippen LogP contribution is 2.35. The van der Waals surface area contributed by atoms with Gasteiger partial charge in [0.1, 0.15) is 5.54 Å². The van der Waals surface area contributed by atoms with E-state index in [9.17, 15) is 4.79 Å². The maximum atomic E-state index is 12.3. The molecule has 0 bridgehead atoms. The molecular weight excluding hydrogens is 262 g/mol. The topological polar surface area (TPSA) is 47.6 Å². The van der Waals surface area contributed by atoms with Gasteiger partial charge in [0.2, 0.25) is 0 Å². The standard InChI is InChI=1S/C14H27NO3S/c1-4-15-14(13(16)18-5-2)8-6-7-12(11-14)19-10-9-17-3/h12,15H,4-11H2,1-3H3. The van der Waals surface area contributed by atoms with Crippen molar-refractivity contribution in [3.8, 4) is 0 Å². The number of carbonyl (C=O) groups excluding carboxylic acids is 1. The third-order valence-corrected chi connectivity index (χ3v) is 4.80. The fourth-order valence-electron chi connectivity index (χ4n) is 2.69. The molecule has 1 fully saturated rings. The van der Waals surface area contributed by atoms with Gasteiger partial charge in [-0.3, -0.25) is 4.79 Å². The zero-order valence-electron chi connectivity index (χ0n) is 12.4. The van der Waals surface area contributed by atoms with Crippen LogP contribution in [0.1, 0.15) is 39.5 Å². The molecule has 112 valence electrons. The third-order valence-electron chi connectivity index (χ3n) is 3.53. The van der Waals surface area contributed by atoms with Crippen molar-refractivity contribution < 1.29 is 14.3 Å². The first-order valence-electron chi connectivity index (χ1n) is 7.21. The molecule has 1 saturated carbocycles. The molecule has 0 radical (unpaired) electrons. The van der Waals surface area contributed by atoms with E-state index in [0.29, 0.717) is 11.9 Å². The zero-order chi connectivity index (χ0) is 14.1. The molecule has 2 unspecified atom stereocenters. The Bertz CT molecular complexity index is 271. The van der Waals surface area contributed by atoms with E-state index in [0.717, 1.165) is 38.2 Å². The summed E-state index contributed by atoms with van der Waals surface area (Å²) in [6.07, 6.45) is 4.02. The molecule has 0 amide bonds. The molecule has 19 heavy (non-hydrogen) atoms. The van der Waals surface area contributed by atoms with Crippen LogP contribution >= 0.6 is 11.8 Å². The second kappa shape index (κ2) is 8.82. The van der Waals surface area contributed by atoms with Gasteiger partial charge in [-0.15, -0.1) is 0 Å². The first-order valence-corrected chi connectivity index (χ1v) is 8.26. The first kappa shape index (κ1) is 16.8. The van der Waals surface area contributed by atoms with Gasteiger partial charge >= 0.3 is 5.97 Å². The monoisotopic (exact) mass is 289 g/mol. The van der Waals surface area contributed by atoms with Gasteiger partial charge in [0.05, 0.1) is 13.2 Å². The lowest BCUT2D eigenvalue weighted by molar-refractivity contribution is -0.152. The van der Waals surface area contributed by atoms with Crippen molar-refractivity contribution in [3.05, 3.63) is 0 Å².